The van der Waals surface area contributed by atoms with Crippen molar-refractivity contribution in [2.75, 3.05) is 18.4 Å². The third kappa shape index (κ3) is 6.49. The van der Waals surface area contributed by atoms with Crippen molar-refractivity contribution in [3.63, 3.8) is 0 Å². The predicted octanol–water partition coefficient (Wildman–Crippen LogP) is 1.22. The number of anilines is 1. The van der Waals surface area contributed by atoms with E-state index in [2.05, 4.69) is 16.0 Å². The van der Waals surface area contributed by atoms with E-state index in [4.69, 9.17) is 4.74 Å². The first-order valence-corrected chi connectivity index (χ1v) is 13.8. The van der Waals surface area contributed by atoms with E-state index in [0.29, 0.717) is 30.5 Å². The second kappa shape index (κ2) is 12.4. The summed E-state index contributed by atoms with van der Waals surface area (Å²) in [6.45, 7) is 0.0743. The van der Waals surface area contributed by atoms with Crippen LogP contribution in [0.2, 0.25) is 0 Å². The van der Waals surface area contributed by atoms with Crippen molar-refractivity contribution in [2.24, 2.45) is 0 Å². The number of nitrogens with zero attached hydrogens (tertiary/aromatic N) is 2. The van der Waals surface area contributed by atoms with Gasteiger partial charge in [-0.1, -0.05) is 49.2 Å². The third-order valence-corrected chi connectivity index (χ3v) is 7.65. The average molecular weight is 564 g/mol. The van der Waals surface area contributed by atoms with Crippen molar-refractivity contribution in [1.29, 1.82) is 0 Å². The predicted molar refractivity (Wildman–Crippen MR) is 146 cm³/mol. The Balaban J connectivity index is 1.40. The molecule has 12 nitrogen and oxygen atoms in total. The summed E-state index contributed by atoms with van der Waals surface area (Å²) in [5, 5.41) is 18.4. The summed E-state index contributed by atoms with van der Waals surface area (Å²) in [4.78, 5) is 68.5. The van der Waals surface area contributed by atoms with Crippen LogP contribution in [0, 0.1) is 0 Å². The molecule has 2 aromatic carbocycles. The first-order valence-electron chi connectivity index (χ1n) is 13.8. The lowest BCUT2D eigenvalue weighted by Crippen LogP contribution is -2.69. The number of benzene rings is 2. The maximum atomic E-state index is 14.0. The Morgan fingerprint density at radius 3 is 2.24 bits per heavy atom. The van der Waals surface area contributed by atoms with Crippen LogP contribution in [0.25, 0.3) is 0 Å². The molecule has 3 fully saturated rings. The Bertz CT molecular complexity index is 1290. The van der Waals surface area contributed by atoms with Gasteiger partial charge in [0, 0.05) is 17.8 Å². The number of amides is 5. The molecule has 0 bridgehead atoms. The molecule has 3 aliphatic rings. The van der Waals surface area contributed by atoms with Crippen LogP contribution < -0.4 is 16.0 Å². The summed E-state index contributed by atoms with van der Waals surface area (Å²) in [7, 11) is 0. The Morgan fingerprint density at radius 2 is 1.56 bits per heavy atom. The molecule has 3 saturated heterocycles. The molecule has 216 valence electrons. The first kappa shape index (κ1) is 28.1. The Hall–Kier alpha value is -4.45. The number of urea groups is 1. The normalized spacial score (nSPS) is 26.2. The maximum Gasteiger partial charge on any atom is 0.321 e. The Morgan fingerprint density at radius 1 is 0.878 bits per heavy atom. The van der Waals surface area contributed by atoms with Crippen molar-refractivity contribution in [3.8, 4) is 0 Å². The first-order chi connectivity index (χ1) is 19.8. The highest BCUT2D eigenvalue weighted by molar-refractivity contribution is 5.99. The number of hydrogen-bond acceptors (Lipinski definition) is 7. The SMILES string of the molecule is O=C1C[C@H](NC(=O)[C@@H]2CN(C(=O)Nc3ccccc3)C[C@@H]3CCCC[C@H](NC(=O)c4ccccc4)C(=O)N32)C(O)O1. The van der Waals surface area contributed by atoms with E-state index in [1.165, 1.54) is 9.80 Å². The summed E-state index contributed by atoms with van der Waals surface area (Å²) in [5.41, 5.74) is 0.999. The number of fused-ring (bicyclic) bond motifs is 1. The molecular weight excluding hydrogens is 530 g/mol. The van der Waals surface area contributed by atoms with Crippen LogP contribution in [0.4, 0.5) is 10.5 Å². The molecule has 0 saturated carbocycles. The standard InChI is InChI=1S/C29H33N5O7/c35-24-15-22(28(39)41-24)32-26(37)23-17-33(29(40)30-19-11-5-2-6-12-19)16-20-13-7-8-14-21(27(38)34(20)23)31-25(36)18-9-3-1-4-10-18/h1-6,9-12,20-23,28,39H,7-8,13-17H2,(H,30,40)(H,31,36)(H,32,37)/t20-,21-,22-,23-,28?/m0/s1. The number of carbonyl (C=O) groups is 5. The lowest BCUT2D eigenvalue weighted by Gasteiger charge is -2.48. The van der Waals surface area contributed by atoms with Gasteiger partial charge in [-0.05, 0) is 37.1 Å². The van der Waals surface area contributed by atoms with Crippen molar-refractivity contribution in [2.45, 2.75) is 62.6 Å². The van der Waals surface area contributed by atoms with Crippen LogP contribution in [0.15, 0.2) is 60.7 Å². The monoisotopic (exact) mass is 563 g/mol. The number of ether oxygens (including phenoxy) is 1. The number of aliphatic hydroxyl groups excluding tert-OH is 1. The van der Waals surface area contributed by atoms with Crippen LogP contribution in [-0.2, 0) is 19.1 Å². The Labute approximate surface area is 237 Å². The van der Waals surface area contributed by atoms with Gasteiger partial charge in [-0.15, -0.1) is 0 Å². The summed E-state index contributed by atoms with van der Waals surface area (Å²) < 4.78 is 4.75. The number of carbonyl (C=O) groups excluding carboxylic acids is 5. The molecule has 3 heterocycles. The van der Waals surface area contributed by atoms with E-state index in [0.717, 1.165) is 6.42 Å². The molecule has 3 aliphatic heterocycles. The number of aliphatic hydroxyl groups is 1. The lowest BCUT2D eigenvalue weighted by atomic mass is 9.93. The van der Waals surface area contributed by atoms with Gasteiger partial charge in [0.05, 0.1) is 19.0 Å². The van der Waals surface area contributed by atoms with Crippen molar-refractivity contribution in [1.82, 2.24) is 20.4 Å². The van der Waals surface area contributed by atoms with Crippen LogP contribution >= 0.6 is 0 Å². The summed E-state index contributed by atoms with van der Waals surface area (Å²) >= 11 is 0. The van der Waals surface area contributed by atoms with Crippen LogP contribution in [-0.4, -0.2) is 88.2 Å². The van der Waals surface area contributed by atoms with Crippen LogP contribution in [0.1, 0.15) is 42.5 Å². The average Bonchev–Trinajstić information content (AvgIpc) is 3.29. The summed E-state index contributed by atoms with van der Waals surface area (Å²) in [6.07, 6.45) is 0.623. The molecule has 1 unspecified atom stereocenters. The van der Waals surface area contributed by atoms with Crippen LogP contribution in [0.3, 0.4) is 0 Å². The number of cyclic esters (lactones) is 1. The van der Waals surface area contributed by atoms with Gasteiger partial charge in [-0.3, -0.25) is 19.2 Å². The van der Waals surface area contributed by atoms with Gasteiger partial charge in [0.1, 0.15) is 18.1 Å². The highest BCUT2D eigenvalue weighted by Gasteiger charge is 2.46. The number of nitrogens with one attached hydrogen (secondary N) is 3. The minimum atomic E-state index is -1.51. The fraction of sp³-hybridized carbons (Fsp3) is 0.414. The van der Waals surface area contributed by atoms with E-state index in [-0.39, 0.29) is 19.5 Å². The largest absolute Gasteiger partial charge is 0.434 e. The number of piperazine rings is 1. The zero-order chi connectivity index (χ0) is 28.9. The molecule has 0 spiro atoms. The maximum absolute atomic E-state index is 14.0. The zero-order valence-corrected chi connectivity index (χ0v) is 22.4. The number of esters is 1. The Kier molecular flexibility index (Phi) is 8.48. The number of hydrogen-bond donors (Lipinski definition) is 4. The van der Waals surface area contributed by atoms with E-state index >= 15 is 0 Å². The molecule has 5 atom stereocenters. The molecule has 5 amide bonds. The quantitative estimate of drug-likeness (QED) is 0.399. The smallest absolute Gasteiger partial charge is 0.321 e. The van der Waals surface area contributed by atoms with Gasteiger partial charge in [-0.25, -0.2) is 4.79 Å². The highest BCUT2D eigenvalue weighted by Crippen LogP contribution is 2.27. The van der Waals surface area contributed by atoms with Crippen molar-refractivity contribution >= 4 is 35.4 Å². The molecule has 2 aromatic rings. The van der Waals surface area contributed by atoms with Gasteiger partial charge >= 0.3 is 12.0 Å². The minimum absolute atomic E-state index is 0.121. The number of rotatable bonds is 5. The molecular formula is C29H33N5O7. The molecule has 0 aromatic heterocycles. The molecule has 0 aliphatic carbocycles. The molecule has 0 radical (unpaired) electrons. The van der Waals surface area contributed by atoms with E-state index in [1.807, 2.05) is 6.07 Å². The summed E-state index contributed by atoms with van der Waals surface area (Å²) in [6, 6.07) is 13.6. The molecule has 5 rings (SSSR count). The minimum Gasteiger partial charge on any atom is -0.434 e. The second-order valence-electron chi connectivity index (χ2n) is 10.5. The molecule has 12 heteroatoms. The fourth-order valence-corrected chi connectivity index (χ4v) is 5.57. The molecule has 4 N–H and O–H groups in total. The van der Waals surface area contributed by atoms with Gasteiger partial charge < -0.3 is 35.6 Å². The fourth-order valence-electron chi connectivity index (χ4n) is 5.57. The highest BCUT2D eigenvalue weighted by atomic mass is 16.6. The van der Waals surface area contributed by atoms with E-state index in [9.17, 15) is 29.1 Å². The zero-order valence-electron chi connectivity index (χ0n) is 22.4. The topological polar surface area (TPSA) is 157 Å². The third-order valence-electron chi connectivity index (χ3n) is 7.65. The van der Waals surface area contributed by atoms with Gasteiger partial charge in [0.2, 0.25) is 18.1 Å². The van der Waals surface area contributed by atoms with Crippen molar-refractivity contribution in [3.05, 3.63) is 66.2 Å². The van der Waals surface area contributed by atoms with Crippen LogP contribution in [0.5, 0.6) is 0 Å². The van der Waals surface area contributed by atoms with Crippen molar-refractivity contribution < 1.29 is 33.8 Å². The van der Waals surface area contributed by atoms with Gasteiger partial charge in [-0.2, -0.15) is 0 Å². The number of para-hydroxylation sites is 1. The lowest BCUT2D eigenvalue weighted by molar-refractivity contribution is -0.156. The summed E-state index contributed by atoms with van der Waals surface area (Å²) in [5.74, 6) is -2.09. The second-order valence-corrected chi connectivity index (χ2v) is 10.5. The molecule has 41 heavy (non-hydrogen) atoms. The van der Waals surface area contributed by atoms with E-state index < -0.39 is 60.2 Å². The van der Waals surface area contributed by atoms with Gasteiger partial charge in [0.25, 0.3) is 5.91 Å². The van der Waals surface area contributed by atoms with Gasteiger partial charge in [0.15, 0.2) is 0 Å². The van der Waals surface area contributed by atoms with E-state index in [1.54, 1.807) is 54.6 Å².